The fourth-order valence-electron chi connectivity index (χ4n) is 3.22. The van der Waals surface area contributed by atoms with Gasteiger partial charge in [0.25, 0.3) is 0 Å². The van der Waals surface area contributed by atoms with Crippen LogP contribution in [0.3, 0.4) is 0 Å². The predicted octanol–water partition coefficient (Wildman–Crippen LogP) is 5.81. The topological polar surface area (TPSA) is 57.5 Å². The van der Waals surface area contributed by atoms with E-state index < -0.39 is 13.3 Å². The van der Waals surface area contributed by atoms with Gasteiger partial charge in [-0.25, -0.2) is 4.39 Å². The van der Waals surface area contributed by atoms with Crippen LogP contribution < -0.4 is 0 Å². The lowest BCUT2D eigenvalue weighted by atomic mass is 9.92. The van der Waals surface area contributed by atoms with Gasteiger partial charge in [0, 0.05) is 0 Å². The van der Waals surface area contributed by atoms with Gasteiger partial charge in [-0.15, -0.1) is 0 Å². The number of phenols is 1. The van der Waals surface area contributed by atoms with E-state index in [4.69, 9.17) is 0 Å². The van der Waals surface area contributed by atoms with Crippen molar-refractivity contribution in [2.75, 3.05) is 0 Å². The maximum atomic E-state index is 13.3. The molecule has 0 aliphatic rings. The third-order valence-electron chi connectivity index (χ3n) is 4.82. The summed E-state index contributed by atoms with van der Waals surface area (Å²) in [4.78, 5) is 9.80. The number of phenolic OH excluding ortho intramolecular Hbond substituents is 1. The van der Waals surface area contributed by atoms with E-state index in [1.54, 1.807) is 6.07 Å². The van der Waals surface area contributed by atoms with E-state index in [-0.39, 0.29) is 12.1 Å². The molecule has 0 bridgehead atoms. The SMILES string of the molecule is Cc1cc(CP(=O)(O)C(C)F)cc(C)c1Cc1ccc(O)c(C(C)C)c1. The zero-order chi connectivity index (χ0) is 19.6. The molecule has 0 amide bonds. The lowest BCUT2D eigenvalue weighted by Gasteiger charge is -2.17. The quantitative estimate of drug-likeness (QED) is 0.624. The fourth-order valence-corrected chi connectivity index (χ4v) is 4.18. The molecule has 0 saturated heterocycles. The summed E-state index contributed by atoms with van der Waals surface area (Å²) in [6, 6.07) is 9.42. The molecular formula is C21H28FO3P. The molecule has 0 saturated carbocycles. The summed E-state index contributed by atoms with van der Waals surface area (Å²) < 4.78 is 25.3. The van der Waals surface area contributed by atoms with Gasteiger partial charge in [0.05, 0.1) is 6.16 Å². The molecule has 3 nitrogen and oxygen atoms in total. The fraction of sp³-hybridized carbons (Fsp3) is 0.429. The zero-order valence-corrected chi connectivity index (χ0v) is 17.0. The van der Waals surface area contributed by atoms with Crippen LogP contribution in [-0.2, 0) is 17.1 Å². The number of alkyl halides is 1. The monoisotopic (exact) mass is 378 g/mol. The molecule has 142 valence electrons. The smallest absolute Gasteiger partial charge is 0.237 e. The lowest BCUT2D eigenvalue weighted by Crippen LogP contribution is -2.02. The van der Waals surface area contributed by atoms with Crippen LogP contribution >= 0.6 is 7.37 Å². The number of halogens is 1. The molecule has 5 heteroatoms. The summed E-state index contributed by atoms with van der Waals surface area (Å²) in [5, 5.41) is 9.99. The van der Waals surface area contributed by atoms with Gasteiger partial charge in [-0.1, -0.05) is 38.1 Å². The van der Waals surface area contributed by atoms with Crippen molar-refractivity contribution in [1.29, 1.82) is 0 Å². The Hall–Kier alpha value is -1.64. The molecule has 0 heterocycles. The van der Waals surface area contributed by atoms with Crippen LogP contribution in [0.2, 0.25) is 0 Å². The highest BCUT2D eigenvalue weighted by Gasteiger charge is 2.27. The first-order valence-corrected chi connectivity index (χ1v) is 10.8. The second kappa shape index (κ2) is 7.94. The number of hydrogen-bond donors (Lipinski definition) is 2. The molecule has 2 atom stereocenters. The minimum absolute atomic E-state index is 0.149. The third kappa shape index (κ3) is 4.75. The Labute approximate surface area is 155 Å². The van der Waals surface area contributed by atoms with Crippen molar-refractivity contribution in [1.82, 2.24) is 0 Å². The van der Waals surface area contributed by atoms with Crippen LogP contribution in [0.25, 0.3) is 0 Å². The molecule has 0 radical (unpaired) electrons. The summed E-state index contributed by atoms with van der Waals surface area (Å²) in [6.45, 7) is 9.16. The summed E-state index contributed by atoms with van der Waals surface area (Å²) >= 11 is 0. The third-order valence-corrected chi connectivity index (χ3v) is 6.75. The van der Waals surface area contributed by atoms with E-state index in [2.05, 4.69) is 0 Å². The van der Waals surface area contributed by atoms with E-state index >= 15 is 0 Å². The van der Waals surface area contributed by atoms with E-state index in [1.165, 1.54) is 0 Å². The van der Waals surface area contributed by atoms with Crippen molar-refractivity contribution in [3.63, 3.8) is 0 Å². The Morgan fingerprint density at radius 1 is 1.04 bits per heavy atom. The molecule has 2 aromatic carbocycles. The average molecular weight is 378 g/mol. The van der Waals surface area contributed by atoms with Crippen LogP contribution in [-0.4, -0.2) is 15.9 Å². The number of rotatable bonds is 6. The maximum absolute atomic E-state index is 13.3. The first-order chi connectivity index (χ1) is 12.0. The predicted molar refractivity (Wildman–Crippen MR) is 105 cm³/mol. The van der Waals surface area contributed by atoms with E-state index in [1.807, 2.05) is 52.0 Å². The van der Waals surface area contributed by atoms with Crippen LogP contribution in [0.15, 0.2) is 30.3 Å². The second-order valence-electron chi connectivity index (χ2n) is 7.42. The van der Waals surface area contributed by atoms with Gasteiger partial charge in [-0.05, 0) is 72.6 Å². The van der Waals surface area contributed by atoms with Crippen LogP contribution in [0, 0.1) is 13.8 Å². The van der Waals surface area contributed by atoms with Crippen LogP contribution in [0.4, 0.5) is 4.39 Å². The Bertz CT molecular complexity index is 820. The Morgan fingerprint density at radius 2 is 1.62 bits per heavy atom. The molecule has 0 spiro atoms. The standard InChI is InChI=1S/C21H28FO3P/c1-13(2)19-10-17(6-7-21(19)23)11-20-14(3)8-18(9-15(20)4)12-26(24,25)16(5)22/h6-10,13,16,23H,11-12H2,1-5H3,(H,24,25). The first kappa shape index (κ1) is 20.7. The summed E-state index contributed by atoms with van der Waals surface area (Å²) in [6.07, 6.45) is 0.567. The summed E-state index contributed by atoms with van der Waals surface area (Å²) in [5.74, 6) is -1.18. The first-order valence-electron chi connectivity index (χ1n) is 8.87. The van der Waals surface area contributed by atoms with Gasteiger partial charge < -0.3 is 10.00 Å². The molecule has 0 aliphatic heterocycles. The van der Waals surface area contributed by atoms with Gasteiger partial charge >= 0.3 is 0 Å². The molecule has 0 aromatic heterocycles. The minimum atomic E-state index is -3.83. The highest BCUT2D eigenvalue weighted by Crippen LogP contribution is 2.50. The van der Waals surface area contributed by atoms with E-state index in [0.29, 0.717) is 17.7 Å². The Kier molecular flexibility index (Phi) is 6.31. The molecule has 2 aromatic rings. The number of aromatic hydroxyl groups is 1. The van der Waals surface area contributed by atoms with E-state index in [0.717, 1.165) is 34.7 Å². The molecule has 2 unspecified atom stereocenters. The van der Waals surface area contributed by atoms with Crippen molar-refractivity contribution in [2.45, 2.75) is 59.0 Å². The molecule has 2 rings (SSSR count). The van der Waals surface area contributed by atoms with Crippen LogP contribution in [0.5, 0.6) is 5.75 Å². The lowest BCUT2D eigenvalue weighted by molar-refractivity contribution is 0.385. The number of hydrogen-bond acceptors (Lipinski definition) is 2. The van der Waals surface area contributed by atoms with Crippen molar-refractivity contribution in [3.8, 4) is 5.75 Å². The second-order valence-corrected chi connectivity index (χ2v) is 9.96. The van der Waals surface area contributed by atoms with E-state index in [9.17, 15) is 19.0 Å². The molecule has 0 aliphatic carbocycles. The van der Waals surface area contributed by atoms with Gasteiger partial charge in [-0.3, -0.25) is 4.57 Å². The Balaban J connectivity index is 2.32. The number of benzene rings is 2. The zero-order valence-electron chi connectivity index (χ0n) is 16.1. The van der Waals surface area contributed by atoms with Crippen molar-refractivity contribution < 1.29 is 19.0 Å². The largest absolute Gasteiger partial charge is 0.508 e. The highest BCUT2D eigenvalue weighted by atomic mass is 31.2. The highest BCUT2D eigenvalue weighted by molar-refractivity contribution is 7.57. The molecular weight excluding hydrogens is 350 g/mol. The maximum Gasteiger partial charge on any atom is 0.237 e. The van der Waals surface area contributed by atoms with Gasteiger partial charge in [-0.2, -0.15) is 0 Å². The average Bonchev–Trinajstić information content (AvgIpc) is 2.51. The molecule has 26 heavy (non-hydrogen) atoms. The van der Waals surface area contributed by atoms with Crippen LogP contribution in [0.1, 0.15) is 60.1 Å². The van der Waals surface area contributed by atoms with Gasteiger partial charge in [0.1, 0.15) is 5.75 Å². The van der Waals surface area contributed by atoms with Crippen molar-refractivity contribution in [2.24, 2.45) is 0 Å². The molecule has 2 N–H and O–H groups in total. The number of aryl methyl sites for hydroxylation is 2. The molecule has 0 fully saturated rings. The van der Waals surface area contributed by atoms with Crippen molar-refractivity contribution in [3.05, 3.63) is 63.7 Å². The van der Waals surface area contributed by atoms with Crippen molar-refractivity contribution >= 4 is 7.37 Å². The summed E-state index contributed by atoms with van der Waals surface area (Å²) in [7, 11) is -3.83. The Morgan fingerprint density at radius 3 is 2.12 bits per heavy atom. The summed E-state index contributed by atoms with van der Waals surface area (Å²) in [5.41, 5.74) is 5.91. The minimum Gasteiger partial charge on any atom is -0.508 e. The normalized spacial score (nSPS) is 15.1. The van der Waals surface area contributed by atoms with Gasteiger partial charge in [0.15, 0.2) is 5.91 Å². The van der Waals surface area contributed by atoms with Gasteiger partial charge in [0.2, 0.25) is 7.37 Å².